The lowest BCUT2D eigenvalue weighted by atomic mass is 9.97. The van der Waals surface area contributed by atoms with Gasteiger partial charge in [-0.3, -0.25) is 9.59 Å². The lowest BCUT2D eigenvalue weighted by molar-refractivity contribution is -0.118. The number of amides is 1. The highest BCUT2D eigenvalue weighted by Crippen LogP contribution is 2.24. The molecule has 2 N–H and O–H groups in total. The number of rotatable bonds is 2. The first-order valence-electron chi connectivity index (χ1n) is 7.23. The van der Waals surface area contributed by atoms with Crippen molar-refractivity contribution in [2.45, 2.75) is 25.7 Å². The molecule has 22 heavy (non-hydrogen) atoms. The summed E-state index contributed by atoms with van der Waals surface area (Å²) < 4.78 is 0. The molecule has 0 aromatic heterocycles. The number of aromatic hydroxyl groups is 1. The highest BCUT2D eigenvalue weighted by molar-refractivity contribution is 6.05. The van der Waals surface area contributed by atoms with Crippen molar-refractivity contribution >= 4 is 28.2 Å². The molecule has 5 heteroatoms. The lowest BCUT2D eigenvalue weighted by Gasteiger charge is -2.12. The summed E-state index contributed by atoms with van der Waals surface area (Å²) in [6.45, 7) is 0. The number of phenols is 1. The van der Waals surface area contributed by atoms with Crippen LogP contribution in [0.2, 0.25) is 0 Å². The van der Waals surface area contributed by atoms with Crippen LogP contribution in [0.5, 0.6) is 5.75 Å². The summed E-state index contributed by atoms with van der Waals surface area (Å²) in [6, 6.07) is 10.7. The number of hydrazone groups is 1. The largest absolute Gasteiger partial charge is 0.507 e. The number of nitrogens with zero attached hydrogens (tertiary/aromatic N) is 1. The normalized spacial score (nSPS) is 16.9. The molecule has 3 rings (SSSR count). The molecule has 0 radical (unpaired) electrons. The third-order valence-electron chi connectivity index (χ3n) is 3.75. The quantitative estimate of drug-likeness (QED) is 0.836. The summed E-state index contributed by atoms with van der Waals surface area (Å²) in [5.41, 5.74) is 3.29. The number of fused-ring (bicyclic) bond motifs is 1. The summed E-state index contributed by atoms with van der Waals surface area (Å²) in [5.74, 6) is -0.419. The zero-order valence-corrected chi connectivity index (χ0v) is 12.0. The Labute approximate surface area is 127 Å². The number of nitrogens with one attached hydrogen (secondary N) is 1. The summed E-state index contributed by atoms with van der Waals surface area (Å²) in [7, 11) is 0. The van der Waals surface area contributed by atoms with Gasteiger partial charge in [-0.05, 0) is 35.7 Å². The maximum absolute atomic E-state index is 12.2. The predicted molar refractivity (Wildman–Crippen MR) is 84.0 cm³/mol. The fourth-order valence-corrected chi connectivity index (χ4v) is 2.59. The van der Waals surface area contributed by atoms with Gasteiger partial charge in [0.25, 0.3) is 5.91 Å². The molecular weight excluding hydrogens is 280 g/mol. The van der Waals surface area contributed by atoms with Gasteiger partial charge < -0.3 is 5.11 Å². The second-order valence-electron chi connectivity index (χ2n) is 5.40. The number of benzene rings is 2. The SMILES string of the molecule is O=C1CCC/C(=N/NC(=O)c2cc3ccccc3cc2O)C1. The van der Waals surface area contributed by atoms with Gasteiger partial charge in [-0.1, -0.05) is 24.3 Å². The molecule has 0 aliphatic heterocycles. The molecule has 1 aliphatic carbocycles. The Morgan fingerprint density at radius 1 is 1.14 bits per heavy atom. The van der Waals surface area contributed by atoms with Gasteiger partial charge in [0.2, 0.25) is 0 Å². The van der Waals surface area contributed by atoms with Gasteiger partial charge in [-0.15, -0.1) is 0 Å². The molecule has 1 aliphatic rings. The van der Waals surface area contributed by atoms with E-state index in [9.17, 15) is 14.7 Å². The van der Waals surface area contributed by atoms with Crippen molar-refractivity contribution < 1.29 is 14.7 Å². The Kier molecular flexibility index (Phi) is 3.87. The summed E-state index contributed by atoms with van der Waals surface area (Å²) >= 11 is 0. The van der Waals surface area contributed by atoms with Gasteiger partial charge in [0, 0.05) is 18.6 Å². The second-order valence-corrected chi connectivity index (χ2v) is 5.40. The Balaban J connectivity index is 1.81. The van der Waals surface area contributed by atoms with Gasteiger partial charge >= 0.3 is 0 Å². The number of Topliss-reactive ketones (excluding diaryl/α,β-unsaturated/α-hetero) is 1. The van der Waals surface area contributed by atoms with Crippen LogP contribution in [0.4, 0.5) is 0 Å². The molecule has 1 amide bonds. The summed E-state index contributed by atoms with van der Waals surface area (Å²) in [6.07, 6.45) is 2.37. The number of ketones is 1. The van der Waals surface area contributed by atoms with Gasteiger partial charge in [-0.25, -0.2) is 5.43 Å². The monoisotopic (exact) mass is 296 g/mol. The topological polar surface area (TPSA) is 78.8 Å². The number of hydrogen-bond donors (Lipinski definition) is 2. The summed E-state index contributed by atoms with van der Waals surface area (Å²) in [4.78, 5) is 23.5. The molecule has 5 nitrogen and oxygen atoms in total. The standard InChI is InChI=1S/C17H16N2O3/c20-14-7-3-6-13(10-14)18-19-17(22)15-8-11-4-1-2-5-12(11)9-16(15)21/h1-2,4-5,8-9,21H,3,6-7,10H2,(H,19,22)/b18-13-. The van der Waals surface area contributed by atoms with E-state index in [0.29, 0.717) is 18.6 Å². The van der Waals surface area contributed by atoms with Crippen LogP contribution in [0.1, 0.15) is 36.0 Å². The van der Waals surface area contributed by atoms with Gasteiger partial charge in [0.05, 0.1) is 5.56 Å². The van der Waals surface area contributed by atoms with E-state index < -0.39 is 5.91 Å². The first kappa shape index (κ1) is 14.3. The second kappa shape index (κ2) is 5.97. The number of carbonyl (C=O) groups excluding carboxylic acids is 2. The van der Waals surface area contributed by atoms with Crippen molar-refractivity contribution in [1.82, 2.24) is 5.43 Å². The van der Waals surface area contributed by atoms with Crippen molar-refractivity contribution in [2.75, 3.05) is 0 Å². The fraction of sp³-hybridized carbons (Fsp3) is 0.235. The minimum absolute atomic E-state index is 0.0869. The molecule has 0 saturated heterocycles. The number of carbonyl (C=O) groups is 2. The van der Waals surface area contributed by atoms with Crippen LogP contribution in [0.3, 0.4) is 0 Å². The van der Waals surface area contributed by atoms with E-state index in [0.717, 1.165) is 23.6 Å². The first-order valence-corrected chi connectivity index (χ1v) is 7.23. The highest BCUT2D eigenvalue weighted by atomic mass is 16.3. The average molecular weight is 296 g/mol. The maximum atomic E-state index is 12.2. The number of hydrogen-bond acceptors (Lipinski definition) is 4. The van der Waals surface area contributed by atoms with Crippen molar-refractivity contribution in [1.29, 1.82) is 0 Å². The van der Waals surface area contributed by atoms with E-state index in [1.54, 1.807) is 12.1 Å². The molecule has 112 valence electrons. The van der Waals surface area contributed by atoms with E-state index in [4.69, 9.17) is 0 Å². The molecule has 0 atom stereocenters. The predicted octanol–water partition coefficient (Wildman–Crippen LogP) is 2.77. The minimum Gasteiger partial charge on any atom is -0.507 e. The van der Waals surface area contributed by atoms with Crippen LogP contribution in [-0.4, -0.2) is 22.5 Å². The number of phenolic OH excluding ortho intramolecular Hbond substituents is 1. The molecule has 0 bridgehead atoms. The van der Waals surface area contributed by atoms with Crippen molar-refractivity contribution in [3.63, 3.8) is 0 Å². The van der Waals surface area contributed by atoms with Crippen molar-refractivity contribution in [3.8, 4) is 5.75 Å². The van der Waals surface area contributed by atoms with Gasteiger partial charge in [0.1, 0.15) is 11.5 Å². The maximum Gasteiger partial charge on any atom is 0.275 e. The molecule has 2 aromatic carbocycles. The van der Waals surface area contributed by atoms with Gasteiger partial charge in [0.15, 0.2) is 0 Å². The molecule has 2 aromatic rings. The Morgan fingerprint density at radius 3 is 2.59 bits per heavy atom. The Bertz CT molecular complexity index is 781. The smallest absolute Gasteiger partial charge is 0.275 e. The van der Waals surface area contributed by atoms with Crippen LogP contribution in [0.15, 0.2) is 41.5 Å². The van der Waals surface area contributed by atoms with E-state index >= 15 is 0 Å². The van der Waals surface area contributed by atoms with Crippen LogP contribution < -0.4 is 5.43 Å². The zero-order valence-electron chi connectivity index (χ0n) is 12.0. The van der Waals surface area contributed by atoms with Crippen LogP contribution in [-0.2, 0) is 4.79 Å². The average Bonchev–Trinajstić information content (AvgIpc) is 2.52. The molecule has 1 saturated carbocycles. The van der Waals surface area contributed by atoms with Crippen LogP contribution in [0, 0.1) is 0 Å². The molecule has 1 fully saturated rings. The fourth-order valence-electron chi connectivity index (χ4n) is 2.59. The molecule has 0 unspecified atom stereocenters. The van der Waals surface area contributed by atoms with Crippen LogP contribution >= 0.6 is 0 Å². The molecule has 0 spiro atoms. The van der Waals surface area contributed by atoms with E-state index in [2.05, 4.69) is 10.5 Å². The third kappa shape index (κ3) is 2.98. The first-order chi connectivity index (χ1) is 10.6. The minimum atomic E-state index is -0.478. The Hall–Kier alpha value is -2.69. The van der Waals surface area contributed by atoms with Crippen molar-refractivity contribution in [2.24, 2.45) is 5.10 Å². The van der Waals surface area contributed by atoms with E-state index in [1.807, 2.05) is 24.3 Å². The van der Waals surface area contributed by atoms with Gasteiger partial charge in [-0.2, -0.15) is 5.10 Å². The molecular formula is C17H16N2O3. The van der Waals surface area contributed by atoms with Crippen LogP contribution in [0.25, 0.3) is 10.8 Å². The van der Waals surface area contributed by atoms with E-state index in [1.165, 1.54) is 0 Å². The molecule has 0 heterocycles. The Morgan fingerprint density at radius 2 is 1.86 bits per heavy atom. The lowest BCUT2D eigenvalue weighted by Crippen LogP contribution is -2.23. The zero-order chi connectivity index (χ0) is 15.5. The van der Waals surface area contributed by atoms with Crippen molar-refractivity contribution in [3.05, 3.63) is 42.0 Å². The highest BCUT2D eigenvalue weighted by Gasteiger charge is 2.16. The van der Waals surface area contributed by atoms with E-state index in [-0.39, 0.29) is 17.1 Å². The third-order valence-corrected chi connectivity index (χ3v) is 3.75. The summed E-state index contributed by atoms with van der Waals surface area (Å²) in [5, 5.41) is 15.7.